The largest absolute Gasteiger partial charge is 0.465 e. The van der Waals surface area contributed by atoms with Crippen LogP contribution in [0, 0.1) is 6.92 Å². The van der Waals surface area contributed by atoms with Crippen molar-refractivity contribution in [3.8, 4) is 0 Å². The molecule has 0 aliphatic carbocycles. The monoisotopic (exact) mass is 392 g/mol. The third-order valence-corrected chi connectivity index (χ3v) is 6.74. The van der Waals surface area contributed by atoms with Gasteiger partial charge in [0.05, 0.1) is 17.6 Å². The normalized spacial score (nSPS) is 16.4. The van der Waals surface area contributed by atoms with Crippen molar-refractivity contribution in [3.05, 3.63) is 48.0 Å². The van der Waals surface area contributed by atoms with Crippen LogP contribution in [0.25, 0.3) is 0 Å². The maximum absolute atomic E-state index is 12.8. The average Bonchev–Trinajstić information content (AvgIpc) is 3.11. The van der Waals surface area contributed by atoms with E-state index in [1.807, 2.05) is 13.1 Å². The molecule has 1 aliphatic heterocycles. The number of sulfonamides is 1. The number of ether oxygens (including phenoxy) is 1. The summed E-state index contributed by atoms with van der Waals surface area (Å²) >= 11 is 0. The minimum Gasteiger partial charge on any atom is -0.465 e. The van der Waals surface area contributed by atoms with Crippen LogP contribution in [-0.4, -0.2) is 73.0 Å². The van der Waals surface area contributed by atoms with Gasteiger partial charge in [0.2, 0.25) is 10.0 Å². The summed E-state index contributed by atoms with van der Waals surface area (Å²) in [6, 6.07) is 5.86. The van der Waals surface area contributed by atoms with E-state index in [1.165, 1.54) is 35.7 Å². The molecule has 0 spiro atoms. The Kier molecular flexibility index (Phi) is 5.93. The molecule has 1 aliphatic rings. The number of methoxy groups -OCH3 is 1. The van der Waals surface area contributed by atoms with Crippen LogP contribution < -0.4 is 0 Å². The first kappa shape index (κ1) is 19.5. The van der Waals surface area contributed by atoms with Crippen molar-refractivity contribution in [1.82, 2.24) is 18.8 Å². The molecule has 0 unspecified atom stereocenters. The minimum atomic E-state index is -3.56. The first-order valence-corrected chi connectivity index (χ1v) is 10.2. The van der Waals surface area contributed by atoms with E-state index < -0.39 is 16.0 Å². The fraction of sp³-hybridized carbons (Fsp3) is 0.444. The number of nitrogens with zero attached hydrogens (tertiary/aromatic N) is 4. The number of aryl methyl sites for hydroxylation is 1. The summed E-state index contributed by atoms with van der Waals surface area (Å²) in [6.07, 6.45) is 3.74. The molecule has 3 rings (SSSR count). The van der Waals surface area contributed by atoms with Crippen LogP contribution >= 0.6 is 0 Å². The SMILES string of the molecule is COC(=O)c1ccc(S(=O)(=O)N2CCN(CCn3ccnc3C)CC2)cc1. The molecule has 0 radical (unpaired) electrons. The fourth-order valence-corrected chi connectivity index (χ4v) is 4.53. The van der Waals surface area contributed by atoms with E-state index in [0.29, 0.717) is 31.7 Å². The fourth-order valence-electron chi connectivity index (χ4n) is 3.11. The molecule has 1 saturated heterocycles. The van der Waals surface area contributed by atoms with Crippen LogP contribution in [0.15, 0.2) is 41.6 Å². The van der Waals surface area contributed by atoms with E-state index in [2.05, 4.69) is 19.2 Å². The maximum Gasteiger partial charge on any atom is 0.337 e. The predicted octanol–water partition coefficient (Wildman–Crippen LogP) is 0.985. The van der Waals surface area contributed by atoms with Gasteiger partial charge in [-0.15, -0.1) is 0 Å². The van der Waals surface area contributed by atoms with Gasteiger partial charge in [-0.3, -0.25) is 4.90 Å². The summed E-state index contributed by atoms with van der Waals surface area (Å²) in [7, 11) is -2.27. The average molecular weight is 392 g/mol. The summed E-state index contributed by atoms with van der Waals surface area (Å²) in [5.74, 6) is 0.493. The van der Waals surface area contributed by atoms with Crippen molar-refractivity contribution in [3.63, 3.8) is 0 Å². The van der Waals surface area contributed by atoms with Crippen LogP contribution in [0.3, 0.4) is 0 Å². The molecule has 0 N–H and O–H groups in total. The molecule has 8 nitrogen and oxygen atoms in total. The Balaban J connectivity index is 1.57. The summed E-state index contributed by atoms with van der Waals surface area (Å²) in [4.78, 5) is 18.1. The summed E-state index contributed by atoms with van der Waals surface area (Å²) in [6.45, 7) is 5.94. The molecule has 2 aromatic rings. The Morgan fingerprint density at radius 2 is 1.78 bits per heavy atom. The van der Waals surface area contributed by atoms with Gasteiger partial charge in [-0.05, 0) is 31.2 Å². The zero-order chi connectivity index (χ0) is 19.4. The van der Waals surface area contributed by atoms with E-state index in [1.54, 1.807) is 6.20 Å². The number of hydrogen-bond donors (Lipinski definition) is 0. The number of rotatable bonds is 6. The third kappa shape index (κ3) is 4.37. The smallest absolute Gasteiger partial charge is 0.337 e. The molecule has 1 aromatic carbocycles. The number of piperazine rings is 1. The molecule has 27 heavy (non-hydrogen) atoms. The Labute approximate surface area is 159 Å². The highest BCUT2D eigenvalue weighted by atomic mass is 32.2. The lowest BCUT2D eigenvalue weighted by molar-refractivity contribution is 0.0600. The van der Waals surface area contributed by atoms with Gasteiger partial charge in [-0.25, -0.2) is 18.2 Å². The van der Waals surface area contributed by atoms with Gasteiger partial charge in [0.25, 0.3) is 0 Å². The van der Waals surface area contributed by atoms with Crippen molar-refractivity contribution in [2.45, 2.75) is 18.4 Å². The predicted molar refractivity (Wildman–Crippen MR) is 99.9 cm³/mol. The molecule has 1 fully saturated rings. The Bertz CT molecular complexity index is 884. The summed E-state index contributed by atoms with van der Waals surface area (Å²) < 4.78 is 33.9. The molecule has 0 saturated carbocycles. The van der Waals surface area contributed by atoms with Crippen LogP contribution in [0.1, 0.15) is 16.2 Å². The zero-order valence-corrected chi connectivity index (χ0v) is 16.4. The number of carbonyl (C=O) groups is 1. The Morgan fingerprint density at radius 1 is 1.11 bits per heavy atom. The number of aromatic nitrogens is 2. The highest BCUT2D eigenvalue weighted by Crippen LogP contribution is 2.18. The lowest BCUT2D eigenvalue weighted by Crippen LogP contribution is -2.49. The minimum absolute atomic E-state index is 0.192. The quantitative estimate of drug-likeness (QED) is 0.682. The van der Waals surface area contributed by atoms with Gasteiger partial charge < -0.3 is 9.30 Å². The Hall–Kier alpha value is -2.23. The van der Waals surface area contributed by atoms with Crippen LogP contribution in [-0.2, 0) is 21.3 Å². The number of carbonyl (C=O) groups excluding carboxylic acids is 1. The maximum atomic E-state index is 12.8. The van der Waals surface area contributed by atoms with Crippen molar-refractivity contribution in [2.75, 3.05) is 39.8 Å². The highest BCUT2D eigenvalue weighted by molar-refractivity contribution is 7.89. The van der Waals surface area contributed by atoms with Crippen molar-refractivity contribution in [2.24, 2.45) is 0 Å². The van der Waals surface area contributed by atoms with Crippen LogP contribution in [0.2, 0.25) is 0 Å². The molecular formula is C18H24N4O4S. The van der Waals surface area contributed by atoms with Gasteiger partial charge in [-0.2, -0.15) is 4.31 Å². The summed E-state index contributed by atoms with van der Waals surface area (Å²) in [5.41, 5.74) is 0.330. The number of benzene rings is 1. The number of imidazole rings is 1. The molecule has 1 aromatic heterocycles. The first-order chi connectivity index (χ1) is 12.9. The molecule has 146 valence electrons. The van der Waals surface area contributed by atoms with E-state index in [0.717, 1.165) is 18.9 Å². The second-order valence-electron chi connectivity index (χ2n) is 6.43. The molecule has 0 atom stereocenters. The van der Waals surface area contributed by atoms with Gasteiger partial charge >= 0.3 is 5.97 Å². The highest BCUT2D eigenvalue weighted by Gasteiger charge is 2.28. The van der Waals surface area contributed by atoms with E-state index >= 15 is 0 Å². The lowest BCUT2D eigenvalue weighted by Gasteiger charge is -2.34. The zero-order valence-electron chi connectivity index (χ0n) is 15.5. The number of hydrogen-bond acceptors (Lipinski definition) is 6. The van der Waals surface area contributed by atoms with Crippen molar-refractivity contribution in [1.29, 1.82) is 0 Å². The molecule has 0 bridgehead atoms. The number of esters is 1. The molecule has 2 heterocycles. The topological polar surface area (TPSA) is 84.7 Å². The standard InChI is InChI=1S/C18H24N4O4S/c1-15-19-7-8-21(15)12-9-20-10-13-22(14-11-20)27(24,25)17-5-3-16(4-6-17)18(23)26-2/h3-8H,9-14H2,1-2H3. The molecule has 0 amide bonds. The summed E-state index contributed by atoms with van der Waals surface area (Å²) in [5, 5.41) is 0. The van der Waals surface area contributed by atoms with Gasteiger partial charge in [0.1, 0.15) is 5.82 Å². The molecular weight excluding hydrogens is 368 g/mol. The Morgan fingerprint density at radius 3 is 2.33 bits per heavy atom. The van der Waals surface area contributed by atoms with Crippen molar-refractivity contribution < 1.29 is 17.9 Å². The van der Waals surface area contributed by atoms with E-state index in [9.17, 15) is 13.2 Å². The van der Waals surface area contributed by atoms with Crippen molar-refractivity contribution >= 4 is 16.0 Å². The van der Waals surface area contributed by atoms with Gasteiger partial charge in [0, 0.05) is 51.7 Å². The van der Waals surface area contributed by atoms with Crippen LogP contribution in [0.5, 0.6) is 0 Å². The van der Waals surface area contributed by atoms with E-state index in [4.69, 9.17) is 0 Å². The lowest BCUT2D eigenvalue weighted by atomic mass is 10.2. The van der Waals surface area contributed by atoms with Gasteiger partial charge in [0.15, 0.2) is 0 Å². The van der Waals surface area contributed by atoms with Gasteiger partial charge in [-0.1, -0.05) is 0 Å². The van der Waals surface area contributed by atoms with Crippen LogP contribution in [0.4, 0.5) is 0 Å². The third-order valence-electron chi connectivity index (χ3n) is 4.83. The van der Waals surface area contributed by atoms with E-state index in [-0.39, 0.29) is 4.90 Å². The first-order valence-electron chi connectivity index (χ1n) is 8.80. The second kappa shape index (κ2) is 8.20. The second-order valence-corrected chi connectivity index (χ2v) is 8.37. The molecule has 9 heteroatoms.